The number of nitrogens with zero attached hydrogens (tertiary/aromatic N) is 7. The third kappa shape index (κ3) is 3.98. The van der Waals surface area contributed by atoms with Crippen LogP contribution in [0.15, 0.2) is 29.3 Å². The van der Waals surface area contributed by atoms with Crippen molar-refractivity contribution in [1.29, 1.82) is 0 Å². The van der Waals surface area contributed by atoms with Crippen LogP contribution in [0.4, 0.5) is 5.82 Å². The van der Waals surface area contributed by atoms with Gasteiger partial charge in [-0.3, -0.25) is 9.36 Å². The van der Waals surface area contributed by atoms with Crippen molar-refractivity contribution in [3.63, 3.8) is 0 Å². The van der Waals surface area contributed by atoms with Gasteiger partial charge in [0, 0.05) is 56.6 Å². The number of hydrogen-bond donors (Lipinski definition) is 0. The second-order valence-electron chi connectivity index (χ2n) is 7.25. The number of anilines is 1. The van der Waals surface area contributed by atoms with Gasteiger partial charge in [0.05, 0.1) is 5.69 Å². The molecule has 1 fully saturated rings. The molecule has 29 heavy (non-hydrogen) atoms. The quantitative estimate of drug-likeness (QED) is 0.651. The van der Waals surface area contributed by atoms with Crippen molar-refractivity contribution in [2.45, 2.75) is 33.6 Å². The minimum atomic E-state index is 0.169. The molecule has 0 bridgehead atoms. The maximum Gasteiger partial charge on any atom is 0.223 e. The summed E-state index contributed by atoms with van der Waals surface area (Å²) in [6.45, 7) is 8.60. The summed E-state index contributed by atoms with van der Waals surface area (Å²) in [5.74, 6) is 3.51. The average molecular weight is 395 g/mol. The minimum absolute atomic E-state index is 0.169. The van der Waals surface area contributed by atoms with E-state index in [2.05, 4.69) is 25.0 Å². The molecule has 4 rings (SSSR count). The Balaban J connectivity index is 1.35. The van der Waals surface area contributed by atoms with Gasteiger partial charge in [0.25, 0.3) is 0 Å². The lowest BCUT2D eigenvalue weighted by Gasteiger charge is -2.35. The van der Waals surface area contributed by atoms with Crippen molar-refractivity contribution in [3.05, 3.63) is 47.6 Å². The zero-order chi connectivity index (χ0) is 20.4. The first-order valence-electron chi connectivity index (χ1n) is 9.80. The Hall–Kier alpha value is -3.23. The van der Waals surface area contributed by atoms with E-state index in [0.717, 1.165) is 47.6 Å². The monoisotopic (exact) mass is 395 g/mol. The number of hydrogen-bond acceptors (Lipinski definition) is 7. The molecule has 0 unspecified atom stereocenters. The van der Waals surface area contributed by atoms with E-state index in [1.54, 1.807) is 12.5 Å². The van der Waals surface area contributed by atoms with E-state index in [1.165, 1.54) is 0 Å². The fraction of sp³-hybridized carbons (Fsp3) is 0.450. The number of piperazine rings is 1. The molecule has 0 aliphatic carbocycles. The molecule has 4 heterocycles. The Morgan fingerprint density at radius 1 is 1.07 bits per heavy atom. The second-order valence-corrected chi connectivity index (χ2v) is 7.25. The number of aryl methyl sites for hydroxylation is 3. The number of carbonyl (C=O) groups is 1. The maximum atomic E-state index is 12.6. The second kappa shape index (κ2) is 8.02. The van der Waals surface area contributed by atoms with Gasteiger partial charge in [-0.1, -0.05) is 5.16 Å². The summed E-state index contributed by atoms with van der Waals surface area (Å²) in [7, 11) is 0. The summed E-state index contributed by atoms with van der Waals surface area (Å²) in [5, 5.41) is 3.96. The zero-order valence-corrected chi connectivity index (χ0v) is 17.0. The zero-order valence-electron chi connectivity index (χ0n) is 17.0. The predicted octanol–water partition coefficient (Wildman–Crippen LogP) is 1.86. The van der Waals surface area contributed by atoms with Crippen LogP contribution in [0.25, 0.3) is 5.82 Å². The lowest BCUT2D eigenvalue weighted by Crippen LogP contribution is -2.49. The molecular weight excluding hydrogens is 370 g/mol. The van der Waals surface area contributed by atoms with E-state index in [-0.39, 0.29) is 5.91 Å². The fourth-order valence-electron chi connectivity index (χ4n) is 3.70. The summed E-state index contributed by atoms with van der Waals surface area (Å²) >= 11 is 0. The first kappa shape index (κ1) is 19.1. The van der Waals surface area contributed by atoms with Crippen molar-refractivity contribution in [2.75, 3.05) is 31.1 Å². The highest BCUT2D eigenvalue weighted by atomic mass is 16.5. The van der Waals surface area contributed by atoms with E-state index in [4.69, 9.17) is 4.52 Å². The number of amides is 1. The average Bonchev–Trinajstić information content (AvgIpc) is 3.31. The Bertz CT molecular complexity index is 982. The van der Waals surface area contributed by atoms with Crippen molar-refractivity contribution in [1.82, 2.24) is 29.6 Å². The summed E-state index contributed by atoms with van der Waals surface area (Å²) in [6.07, 6.45) is 6.35. The van der Waals surface area contributed by atoms with Gasteiger partial charge < -0.3 is 14.3 Å². The summed E-state index contributed by atoms with van der Waals surface area (Å²) in [6, 6.07) is 1.96. The summed E-state index contributed by atoms with van der Waals surface area (Å²) in [4.78, 5) is 29.8. The van der Waals surface area contributed by atoms with Crippen LogP contribution in [0.1, 0.15) is 29.3 Å². The third-order valence-electron chi connectivity index (χ3n) is 5.44. The molecule has 1 aliphatic heterocycles. The van der Waals surface area contributed by atoms with Crippen molar-refractivity contribution >= 4 is 11.7 Å². The third-order valence-corrected chi connectivity index (χ3v) is 5.44. The van der Waals surface area contributed by atoms with Gasteiger partial charge in [0.15, 0.2) is 0 Å². The highest BCUT2D eigenvalue weighted by Crippen LogP contribution is 2.18. The van der Waals surface area contributed by atoms with E-state index in [0.29, 0.717) is 25.9 Å². The lowest BCUT2D eigenvalue weighted by atomic mass is 10.1. The Morgan fingerprint density at radius 2 is 1.83 bits per heavy atom. The number of aromatic nitrogens is 5. The Labute approximate surface area is 169 Å². The molecule has 9 heteroatoms. The first-order valence-corrected chi connectivity index (χ1v) is 9.80. The normalized spacial score (nSPS) is 14.4. The number of rotatable bonds is 5. The molecule has 9 nitrogen and oxygen atoms in total. The molecule has 3 aromatic rings. The highest BCUT2D eigenvalue weighted by Gasteiger charge is 2.23. The van der Waals surface area contributed by atoms with Crippen LogP contribution in [0.3, 0.4) is 0 Å². The van der Waals surface area contributed by atoms with E-state index < -0.39 is 0 Å². The SMILES string of the molecule is Cc1noc(C)c1CCC(=O)N1CCN(c2cc(-n3ccnc3C)ncn2)CC1. The smallest absolute Gasteiger partial charge is 0.223 e. The summed E-state index contributed by atoms with van der Waals surface area (Å²) in [5.41, 5.74) is 1.91. The molecule has 0 saturated carbocycles. The van der Waals surface area contributed by atoms with Crippen molar-refractivity contribution in [3.8, 4) is 5.82 Å². The predicted molar refractivity (Wildman–Crippen MR) is 107 cm³/mol. The van der Waals surface area contributed by atoms with Gasteiger partial charge in [-0.15, -0.1) is 0 Å². The Kier molecular flexibility index (Phi) is 5.28. The van der Waals surface area contributed by atoms with Gasteiger partial charge in [-0.25, -0.2) is 15.0 Å². The highest BCUT2D eigenvalue weighted by molar-refractivity contribution is 5.76. The molecule has 1 amide bonds. The van der Waals surface area contributed by atoms with Crippen molar-refractivity contribution in [2.24, 2.45) is 0 Å². The van der Waals surface area contributed by atoms with Crippen molar-refractivity contribution < 1.29 is 9.32 Å². The van der Waals surface area contributed by atoms with Gasteiger partial charge in [0.1, 0.15) is 29.5 Å². The fourth-order valence-corrected chi connectivity index (χ4v) is 3.70. The van der Waals surface area contributed by atoms with Gasteiger partial charge in [-0.2, -0.15) is 0 Å². The molecule has 1 aliphatic rings. The molecule has 0 spiro atoms. The molecule has 0 aromatic carbocycles. The Morgan fingerprint density at radius 3 is 2.48 bits per heavy atom. The van der Waals surface area contributed by atoms with Gasteiger partial charge in [0.2, 0.25) is 5.91 Å². The molecule has 152 valence electrons. The van der Waals surface area contributed by atoms with Crippen LogP contribution < -0.4 is 4.90 Å². The van der Waals surface area contributed by atoms with Crippen LogP contribution >= 0.6 is 0 Å². The largest absolute Gasteiger partial charge is 0.361 e. The summed E-state index contributed by atoms with van der Waals surface area (Å²) < 4.78 is 7.11. The standard InChI is InChI=1S/C20H25N7O2/c1-14-17(15(2)29-24-14)4-5-20(28)26-10-8-25(9-11-26)18-12-19(23-13-22-18)27-7-6-21-16(27)3/h6-7,12-13H,4-5,8-11H2,1-3H3. The number of imidazole rings is 1. The van der Waals surface area contributed by atoms with Crippen LogP contribution in [-0.2, 0) is 11.2 Å². The molecule has 0 N–H and O–H groups in total. The van der Waals surface area contributed by atoms with Crippen LogP contribution in [-0.4, -0.2) is 61.7 Å². The molecule has 0 atom stereocenters. The maximum absolute atomic E-state index is 12.6. The topological polar surface area (TPSA) is 93.2 Å². The lowest BCUT2D eigenvalue weighted by molar-refractivity contribution is -0.131. The van der Waals surface area contributed by atoms with Crippen LogP contribution in [0, 0.1) is 20.8 Å². The molecule has 3 aromatic heterocycles. The first-order chi connectivity index (χ1) is 14.0. The molecular formula is C20H25N7O2. The molecule has 0 radical (unpaired) electrons. The molecule has 1 saturated heterocycles. The van der Waals surface area contributed by atoms with Crippen LogP contribution in [0.5, 0.6) is 0 Å². The van der Waals surface area contributed by atoms with E-state index in [1.807, 2.05) is 42.5 Å². The minimum Gasteiger partial charge on any atom is -0.361 e. The van der Waals surface area contributed by atoms with E-state index in [9.17, 15) is 4.79 Å². The number of carbonyl (C=O) groups excluding carboxylic acids is 1. The van der Waals surface area contributed by atoms with Gasteiger partial charge >= 0.3 is 0 Å². The van der Waals surface area contributed by atoms with E-state index >= 15 is 0 Å². The van der Waals surface area contributed by atoms with Crippen LogP contribution in [0.2, 0.25) is 0 Å². The van der Waals surface area contributed by atoms with Gasteiger partial charge in [-0.05, 0) is 27.2 Å².